The second kappa shape index (κ2) is 5.44. The van der Waals surface area contributed by atoms with E-state index in [2.05, 4.69) is 6.07 Å². The van der Waals surface area contributed by atoms with Crippen LogP contribution >= 0.6 is 35.3 Å². The molecule has 108 valence electrons. The minimum absolute atomic E-state index is 0.0554. The van der Waals surface area contributed by atoms with Gasteiger partial charge < -0.3 is 0 Å². The summed E-state index contributed by atoms with van der Waals surface area (Å²) < 4.78 is 2.45. The molecule has 0 atom stereocenters. The predicted octanol–water partition coefficient (Wildman–Crippen LogP) is 4.01. The fraction of sp³-hybridized carbons (Fsp3) is 0.200. The molecule has 3 nitrogen and oxygen atoms in total. The van der Waals surface area contributed by atoms with Gasteiger partial charge >= 0.3 is 0 Å². The molecule has 2 aromatic rings. The van der Waals surface area contributed by atoms with Gasteiger partial charge in [0.25, 0.3) is 5.91 Å². The van der Waals surface area contributed by atoms with Gasteiger partial charge in [-0.15, -0.1) is 11.3 Å². The second-order valence-electron chi connectivity index (χ2n) is 4.89. The summed E-state index contributed by atoms with van der Waals surface area (Å²) in [6.45, 7) is 5.99. The molecular formula is C15H14N2OS3. The van der Waals surface area contributed by atoms with Gasteiger partial charge in [-0.3, -0.25) is 9.47 Å². The Morgan fingerprint density at radius 2 is 1.81 bits per heavy atom. The number of aromatic nitrogens is 1. The van der Waals surface area contributed by atoms with E-state index in [0.717, 1.165) is 16.3 Å². The number of carbonyl (C=O) groups excluding carboxylic acids is 1. The highest BCUT2D eigenvalue weighted by atomic mass is 32.2. The van der Waals surface area contributed by atoms with Crippen molar-refractivity contribution in [1.82, 2.24) is 4.68 Å². The number of hydrogen-bond donors (Lipinski definition) is 0. The van der Waals surface area contributed by atoms with E-state index in [9.17, 15) is 4.79 Å². The number of carbonyl (C=O) groups is 1. The first-order valence-corrected chi connectivity index (χ1v) is 8.57. The van der Waals surface area contributed by atoms with Crippen molar-refractivity contribution in [2.24, 2.45) is 0 Å². The summed E-state index contributed by atoms with van der Waals surface area (Å²) in [5.74, 6) is -0.0554. The van der Waals surface area contributed by atoms with E-state index >= 15 is 0 Å². The molecule has 0 unspecified atom stereocenters. The summed E-state index contributed by atoms with van der Waals surface area (Å²) in [5.41, 5.74) is 3.17. The highest BCUT2D eigenvalue weighted by Crippen LogP contribution is 2.34. The minimum atomic E-state index is -0.0554. The summed E-state index contributed by atoms with van der Waals surface area (Å²) in [4.78, 5) is 14.5. The van der Waals surface area contributed by atoms with Gasteiger partial charge in [-0.2, -0.15) is 5.01 Å². The van der Waals surface area contributed by atoms with Crippen molar-refractivity contribution in [1.29, 1.82) is 0 Å². The van der Waals surface area contributed by atoms with Gasteiger partial charge in [0.15, 0.2) is 4.32 Å². The van der Waals surface area contributed by atoms with E-state index in [1.807, 2.05) is 49.0 Å². The third-order valence-electron chi connectivity index (χ3n) is 3.37. The molecule has 1 fully saturated rings. The van der Waals surface area contributed by atoms with Crippen LogP contribution in [-0.2, 0) is 4.79 Å². The molecule has 21 heavy (non-hydrogen) atoms. The monoisotopic (exact) mass is 334 g/mol. The highest BCUT2D eigenvalue weighted by Gasteiger charge is 2.34. The van der Waals surface area contributed by atoms with E-state index in [1.54, 1.807) is 16.3 Å². The number of rotatable bonds is 2. The first-order valence-electron chi connectivity index (χ1n) is 6.46. The highest BCUT2D eigenvalue weighted by molar-refractivity contribution is 8.27. The third kappa shape index (κ3) is 2.47. The van der Waals surface area contributed by atoms with Gasteiger partial charge in [-0.25, -0.2) is 0 Å². The largest absolute Gasteiger partial charge is 0.285 e. The smallest absolute Gasteiger partial charge is 0.266 e. The molecular weight excluding hydrogens is 320 g/mol. The van der Waals surface area contributed by atoms with E-state index in [4.69, 9.17) is 12.2 Å². The third-order valence-corrected chi connectivity index (χ3v) is 5.62. The topological polar surface area (TPSA) is 25.2 Å². The zero-order valence-electron chi connectivity index (χ0n) is 11.9. The van der Waals surface area contributed by atoms with E-state index in [1.165, 1.54) is 17.3 Å². The average Bonchev–Trinajstić information content (AvgIpc) is 3.05. The molecule has 6 heteroatoms. The zero-order chi connectivity index (χ0) is 15.1. The first kappa shape index (κ1) is 14.6. The lowest BCUT2D eigenvalue weighted by Crippen LogP contribution is -2.39. The molecule has 1 aliphatic rings. The number of nitrogens with zero attached hydrogens (tertiary/aromatic N) is 2. The summed E-state index contributed by atoms with van der Waals surface area (Å²) in [6, 6.07) is 6.03. The normalized spacial score (nSPS) is 17.3. The molecule has 1 amide bonds. The zero-order valence-corrected chi connectivity index (χ0v) is 14.4. The van der Waals surface area contributed by atoms with E-state index in [0.29, 0.717) is 9.23 Å². The molecule has 3 heterocycles. The lowest BCUT2D eigenvalue weighted by molar-refractivity contribution is -0.114. The maximum atomic E-state index is 12.7. The van der Waals surface area contributed by atoms with Crippen molar-refractivity contribution in [2.75, 3.05) is 5.01 Å². The Morgan fingerprint density at radius 1 is 1.14 bits per heavy atom. The van der Waals surface area contributed by atoms with Crippen molar-refractivity contribution in [3.05, 3.63) is 50.3 Å². The van der Waals surface area contributed by atoms with Crippen molar-refractivity contribution in [2.45, 2.75) is 20.8 Å². The summed E-state index contributed by atoms with van der Waals surface area (Å²) in [6.07, 6.45) is 1.94. The Kier molecular flexibility index (Phi) is 3.77. The lowest BCUT2D eigenvalue weighted by atomic mass is 10.3. The Bertz CT molecular complexity index is 750. The molecule has 0 aliphatic carbocycles. The number of amides is 1. The van der Waals surface area contributed by atoms with Crippen LogP contribution in [0.25, 0.3) is 6.08 Å². The second-order valence-corrected chi connectivity index (χ2v) is 7.51. The maximum absolute atomic E-state index is 12.7. The maximum Gasteiger partial charge on any atom is 0.285 e. The first-order chi connectivity index (χ1) is 9.99. The Hall–Kier alpha value is -1.37. The molecule has 0 bridgehead atoms. The molecule has 0 N–H and O–H groups in total. The van der Waals surface area contributed by atoms with Crippen molar-refractivity contribution < 1.29 is 4.79 Å². The van der Waals surface area contributed by atoms with Gasteiger partial charge in [-0.05, 0) is 68.2 Å². The van der Waals surface area contributed by atoms with Crippen LogP contribution in [0.15, 0.2) is 28.5 Å². The number of hydrogen-bond acceptors (Lipinski definition) is 4. The van der Waals surface area contributed by atoms with Gasteiger partial charge in [0.05, 0.1) is 4.91 Å². The molecule has 0 radical (unpaired) electrons. The van der Waals surface area contributed by atoms with Crippen molar-refractivity contribution in [3.63, 3.8) is 0 Å². The molecule has 0 saturated carbocycles. The minimum Gasteiger partial charge on any atom is -0.266 e. The van der Waals surface area contributed by atoms with E-state index in [-0.39, 0.29) is 5.91 Å². The quantitative estimate of drug-likeness (QED) is 0.613. The van der Waals surface area contributed by atoms with Crippen LogP contribution in [0.4, 0.5) is 0 Å². The molecule has 3 rings (SSSR count). The van der Waals surface area contributed by atoms with Gasteiger partial charge in [0.1, 0.15) is 0 Å². The number of thioether (sulfide) groups is 1. The number of thiophene rings is 1. The van der Waals surface area contributed by atoms with Crippen LogP contribution in [0.3, 0.4) is 0 Å². The van der Waals surface area contributed by atoms with Gasteiger partial charge in [0.2, 0.25) is 0 Å². The molecule has 1 aliphatic heterocycles. The lowest BCUT2D eigenvalue weighted by Gasteiger charge is -2.20. The molecule has 0 spiro atoms. The van der Waals surface area contributed by atoms with E-state index < -0.39 is 0 Å². The fourth-order valence-corrected chi connectivity index (χ4v) is 4.42. The Morgan fingerprint density at radius 3 is 2.38 bits per heavy atom. The van der Waals surface area contributed by atoms with Gasteiger partial charge in [-0.1, -0.05) is 11.8 Å². The van der Waals surface area contributed by atoms with Crippen molar-refractivity contribution >= 4 is 51.6 Å². The SMILES string of the molecule is Cc1ccsc1/C=C1/SC(=S)N(n2c(C)ccc2C)C1=O. The molecule has 1 saturated heterocycles. The average molecular weight is 334 g/mol. The van der Waals surface area contributed by atoms with Crippen LogP contribution in [0, 0.1) is 20.8 Å². The summed E-state index contributed by atoms with van der Waals surface area (Å²) in [7, 11) is 0. The number of aryl methyl sites for hydroxylation is 3. The molecule has 2 aromatic heterocycles. The molecule has 0 aromatic carbocycles. The summed E-state index contributed by atoms with van der Waals surface area (Å²) in [5, 5.41) is 3.61. The van der Waals surface area contributed by atoms with Gasteiger partial charge in [0, 0.05) is 16.3 Å². The fourth-order valence-electron chi connectivity index (χ4n) is 2.26. The standard InChI is InChI=1S/C15H14N2OS3/c1-9-6-7-20-12(9)8-13-14(18)17(15(19)21-13)16-10(2)4-5-11(16)3/h4-8H,1-3H3/b13-8+. The Labute approximate surface area is 137 Å². The van der Waals surface area contributed by atoms with Crippen LogP contribution in [0.2, 0.25) is 0 Å². The van der Waals surface area contributed by atoms with Crippen LogP contribution in [0.5, 0.6) is 0 Å². The number of thiocarbonyl (C=S) groups is 1. The van der Waals surface area contributed by atoms with Crippen LogP contribution in [0.1, 0.15) is 21.8 Å². The summed E-state index contributed by atoms with van der Waals surface area (Å²) >= 11 is 8.39. The van der Waals surface area contributed by atoms with Crippen molar-refractivity contribution in [3.8, 4) is 0 Å². The van der Waals surface area contributed by atoms with Crippen LogP contribution < -0.4 is 5.01 Å². The Balaban J connectivity index is 2.00. The predicted molar refractivity (Wildman–Crippen MR) is 94.4 cm³/mol. The van der Waals surface area contributed by atoms with Crippen LogP contribution in [-0.4, -0.2) is 14.9 Å².